The summed E-state index contributed by atoms with van der Waals surface area (Å²) in [5.41, 5.74) is 1.14. The largest absolute Gasteiger partial charge is 0.335 e. The Labute approximate surface area is 175 Å². The molecule has 3 rings (SSSR count). The van der Waals surface area contributed by atoms with Gasteiger partial charge < -0.3 is 9.80 Å². The second-order valence-electron chi connectivity index (χ2n) is 8.70. The lowest BCUT2D eigenvalue weighted by Gasteiger charge is -2.37. The van der Waals surface area contributed by atoms with Gasteiger partial charge in [-0.25, -0.2) is 8.42 Å². The standard InChI is InChI=1S/C22H35N3O3S/c1-4-20-7-5-6-12-25(20)22(26)17-23-13-15-24(16-14-23)29(27,28)21-10-8-19(9-11-21)18(2)3/h8-11,18,20H,4-7,12-17H2,1-3H3/p+1/t20-/m0/s1. The van der Waals surface area contributed by atoms with Crippen LogP contribution in [0.4, 0.5) is 0 Å². The molecule has 1 aromatic rings. The number of carbonyl (C=O) groups excluding carboxylic acids is 1. The first-order valence-corrected chi connectivity index (χ1v) is 12.5. The fraction of sp³-hybridized carbons (Fsp3) is 0.682. The van der Waals surface area contributed by atoms with Gasteiger partial charge in [0.05, 0.1) is 31.1 Å². The lowest BCUT2D eigenvalue weighted by Crippen LogP contribution is -3.15. The van der Waals surface area contributed by atoms with Gasteiger partial charge in [0, 0.05) is 12.6 Å². The molecule has 1 amide bonds. The summed E-state index contributed by atoms with van der Waals surface area (Å²) in [5.74, 6) is 0.607. The Kier molecular flexibility index (Phi) is 7.35. The molecule has 0 radical (unpaired) electrons. The number of sulfonamides is 1. The van der Waals surface area contributed by atoms with Crippen molar-refractivity contribution in [1.29, 1.82) is 0 Å². The number of carbonyl (C=O) groups is 1. The van der Waals surface area contributed by atoms with Crippen molar-refractivity contribution in [1.82, 2.24) is 9.21 Å². The number of nitrogens with one attached hydrogen (secondary N) is 1. The third-order valence-corrected chi connectivity index (χ3v) is 8.35. The van der Waals surface area contributed by atoms with E-state index in [2.05, 4.69) is 25.7 Å². The Morgan fingerprint density at radius 1 is 1.10 bits per heavy atom. The van der Waals surface area contributed by atoms with Crippen molar-refractivity contribution >= 4 is 15.9 Å². The van der Waals surface area contributed by atoms with Gasteiger partial charge in [-0.2, -0.15) is 4.31 Å². The topological polar surface area (TPSA) is 62.1 Å². The molecule has 2 fully saturated rings. The monoisotopic (exact) mass is 422 g/mol. The average molecular weight is 423 g/mol. The van der Waals surface area contributed by atoms with Gasteiger partial charge in [0.15, 0.2) is 6.54 Å². The molecule has 2 aliphatic rings. The fourth-order valence-corrected chi connectivity index (χ4v) is 5.90. The summed E-state index contributed by atoms with van der Waals surface area (Å²) in [6.45, 7) is 9.99. The van der Waals surface area contributed by atoms with E-state index in [1.165, 1.54) is 11.3 Å². The first kappa shape index (κ1) is 22.2. The zero-order valence-corrected chi connectivity index (χ0v) is 18.9. The summed E-state index contributed by atoms with van der Waals surface area (Å²) >= 11 is 0. The zero-order chi connectivity index (χ0) is 21.0. The summed E-state index contributed by atoms with van der Waals surface area (Å²) in [5, 5.41) is 0. The Morgan fingerprint density at radius 2 is 1.76 bits per heavy atom. The molecular formula is C22H36N3O3S+. The van der Waals surface area contributed by atoms with Crippen molar-refractivity contribution < 1.29 is 18.1 Å². The first-order valence-electron chi connectivity index (χ1n) is 11.1. The van der Waals surface area contributed by atoms with Gasteiger partial charge >= 0.3 is 0 Å². The van der Waals surface area contributed by atoms with Crippen molar-refractivity contribution in [2.45, 2.75) is 63.3 Å². The third kappa shape index (κ3) is 5.19. The highest BCUT2D eigenvalue weighted by Crippen LogP contribution is 2.21. The molecule has 1 atom stereocenters. The Bertz CT molecular complexity index is 784. The van der Waals surface area contributed by atoms with Gasteiger partial charge in [-0.1, -0.05) is 32.9 Å². The molecule has 2 heterocycles. The molecule has 0 aliphatic carbocycles. The maximum Gasteiger partial charge on any atom is 0.278 e. The first-order chi connectivity index (χ1) is 13.8. The van der Waals surface area contributed by atoms with Gasteiger partial charge in [0.1, 0.15) is 0 Å². The molecule has 1 aromatic carbocycles. The SMILES string of the molecule is CC[C@H]1CCCCN1C(=O)C[NH+]1CCN(S(=O)(=O)c2ccc(C(C)C)cc2)CC1. The highest BCUT2D eigenvalue weighted by Gasteiger charge is 2.33. The highest BCUT2D eigenvalue weighted by atomic mass is 32.2. The molecule has 29 heavy (non-hydrogen) atoms. The van der Waals surface area contributed by atoms with Crippen molar-refractivity contribution in [2.75, 3.05) is 39.3 Å². The normalized spacial score (nSPS) is 22.2. The van der Waals surface area contributed by atoms with Crippen molar-refractivity contribution in [3.05, 3.63) is 29.8 Å². The number of likely N-dealkylation sites (tertiary alicyclic amines) is 1. The molecule has 2 saturated heterocycles. The summed E-state index contributed by atoms with van der Waals surface area (Å²) < 4.78 is 27.5. The number of piperazine rings is 1. The van der Waals surface area contributed by atoms with Gasteiger partial charge in [-0.3, -0.25) is 4.79 Å². The molecular weight excluding hydrogens is 386 g/mol. The number of hydrogen-bond donors (Lipinski definition) is 1. The highest BCUT2D eigenvalue weighted by molar-refractivity contribution is 7.89. The predicted octanol–water partition coefficient (Wildman–Crippen LogP) is 1.49. The number of rotatable bonds is 6. The maximum atomic E-state index is 13.0. The van der Waals surface area contributed by atoms with Crippen LogP contribution in [0.2, 0.25) is 0 Å². The lowest BCUT2D eigenvalue weighted by atomic mass is 10.00. The van der Waals surface area contributed by atoms with Gasteiger partial charge in [0.2, 0.25) is 10.0 Å². The van der Waals surface area contributed by atoms with Crippen LogP contribution in [-0.4, -0.2) is 68.8 Å². The number of amides is 1. The van der Waals surface area contributed by atoms with E-state index in [1.54, 1.807) is 16.4 Å². The van der Waals surface area contributed by atoms with Crippen LogP contribution in [0.15, 0.2) is 29.2 Å². The minimum Gasteiger partial charge on any atom is -0.335 e. The van der Waals surface area contributed by atoms with Crippen LogP contribution in [0.3, 0.4) is 0 Å². The number of hydrogen-bond acceptors (Lipinski definition) is 3. The van der Waals surface area contributed by atoms with Crippen molar-refractivity contribution in [3.63, 3.8) is 0 Å². The smallest absolute Gasteiger partial charge is 0.278 e. The lowest BCUT2D eigenvalue weighted by molar-refractivity contribution is -0.896. The second-order valence-corrected chi connectivity index (χ2v) is 10.6. The van der Waals surface area contributed by atoms with Gasteiger partial charge in [0.25, 0.3) is 5.91 Å². The van der Waals surface area contributed by atoms with E-state index in [0.717, 1.165) is 31.4 Å². The zero-order valence-electron chi connectivity index (χ0n) is 18.1. The molecule has 0 bridgehead atoms. The van der Waals surface area contributed by atoms with E-state index in [-0.39, 0.29) is 5.91 Å². The summed E-state index contributed by atoms with van der Waals surface area (Å²) in [6.07, 6.45) is 4.44. The number of quaternary nitrogens is 1. The van der Waals surface area contributed by atoms with E-state index >= 15 is 0 Å². The van der Waals surface area contributed by atoms with E-state index in [4.69, 9.17) is 0 Å². The van der Waals surface area contributed by atoms with Gasteiger partial charge in [-0.05, 0) is 49.3 Å². The minimum absolute atomic E-state index is 0.229. The van der Waals surface area contributed by atoms with Crippen LogP contribution in [0.1, 0.15) is 57.9 Å². The van der Waals surface area contributed by atoms with E-state index in [1.807, 2.05) is 12.1 Å². The number of benzene rings is 1. The quantitative estimate of drug-likeness (QED) is 0.756. The molecule has 0 saturated carbocycles. The molecule has 162 valence electrons. The van der Waals surface area contributed by atoms with Crippen LogP contribution in [0, 0.1) is 0 Å². The molecule has 0 unspecified atom stereocenters. The number of piperidine rings is 1. The molecule has 7 heteroatoms. The van der Waals surface area contributed by atoms with Gasteiger partial charge in [-0.15, -0.1) is 0 Å². The molecule has 0 aromatic heterocycles. The van der Waals surface area contributed by atoms with Crippen LogP contribution >= 0.6 is 0 Å². The Hall–Kier alpha value is -1.44. The predicted molar refractivity (Wildman–Crippen MR) is 114 cm³/mol. The second kappa shape index (κ2) is 9.58. The molecule has 2 aliphatic heterocycles. The van der Waals surface area contributed by atoms with E-state index < -0.39 is 10.0 Å². The van der Waals surface area contributed by atoms with Crippen molar-refractivity contribution in [3.8, 4) is 0 Å². The Balaban J connectivity index is 1.56. The van der Waals surface area contributed by atoms with Crippen LogP contribution in [0.5, 0.6) is 0 Å². The fourth-order valence-electron chi connectivity index (χ4n) is 4.46. The molecule has 1 N–H and O–H groups in total. The third-order valence-electron chi connectivity index (χ3n) is 6.43. The maximum absolute atomic E-state index is 13.0. The van der Waals surface area contributed by atoms with Crippen LogP contribution in [-0.2, 0) is 14.8 Å². The summed E-state index contributed by atoms with van der Waals surface area (Å²) in [7, 11) is -3.46. The molecule has 6 nitrogen and oxygen atoms in total. The minimum atomic E-state index is -3.46. The number of nitrogens with zero attached hydrogens (tertiary/aromatic N) is 2. The average Bonchev–Trinajstić information content (AvgIpc) is 2.74. The van der Waals surface area contributed by atoms with E-state index in [0.29, 0.717) is 49.6 Å². The Morgan fingerprint density at radius 3 is 2.34 bits per heavy atom. The van der Waals surface area contributed by atoms with Crippen LogP contribution in [0.25, 0.3) is 0 Å². The van der Waals surface area contributed by atoms with Crippen molar-refractivity contribution in [2.24, 2.45) is 0 Å². The summed E-state index contributed by atoms with van der Waals surface area (Å²) in [6, 6.07) is 7.62. The van der Waals surface area contributed by atoms with E-state index in [9.17, 15) is 13.2 Å². The van der Waals surface area contributed by atoms with Crippen LogP contribution < -0.4 is 4.90 Å². The summed E-state index contributed by atoms with van der Waals surface area (Å²) in [4.78, 5) is 16.4. The molecule has 0 spiro atoms.